The smallest absolute Gasteiger partial charge is 0.248 e. The van der Waals surface area contributed by atoms with E-state index in [1.54, 1.807) is 18.3 Å². The van der Waals surface area contributed by atoms with Crippen LogP contribution in [0.1, 0.15) is 27.5 Å². The summed E-state index contributed by atoms with van der Waals surface area (Å²) in [6.45, 7) is 4.87. The number of benzene rings is 1. The maximum Gasteiger partial charge on any atom is 0.248 e. The number of aromatic nitrogens is 1. The fourth-order valence-electron chi connectivity index (χ4n) is 4.91. The zero-order chi connectivity index (χ0) is 21.4. The minimum Gasteiger partial charge on any atom is -0.366 e. The van der Waals surface area contributed by atoms with E-state index in [9.17, 15) is 9.59 Å². The van der Waals surface area contributed by atoms with Crippen LogP contribution >= 0.6 is 0 Å². The second-order valence-corrected chi connectivity index (χ2v) is 8.68. The first-order valence-electron chi connectivity index (χ1n) is 10.4. The van der Waals surface area contributed by atoms with E-state index in [4.69, 9.17) is 5.73 Å². The van der Waals surface area contributed by atoms with Crippen molar-refractivity contribution in [3.05, 3.63) is 59.3 Å². The Hall–Kier alpha value is -2.93. The molecule has 2 fully saturated rings. The van der Waals surface area contributed by atoms with Crippen LogP contribution in [-0.4, -0.2) is 66.9 Å². The molecule has 7 nitrogen and oxygen atoms in total. The molecule has 0 bridgehead atoms. The number of primary amides is 1. The van der Waals surface area contributed by atoms with Crippen LogP contribution in [0.2, 0.25) is 0 Å². The number of hydrogen-bond donors (Lipinski definition) is 1. The lowest BCUT2D eigenvalue weighted by Crippen LogP contribution is -2.40. The maximum absolute atomic E-state index is 13.1. The molecule has 0 aliphatic carbocycles. The largest absolute Gasteiger partial charge is 0.366 e. The van der Waals surface area contributed by atoms with Crippen molar-refractivity contribution in [1.82, 2.24) is 14.8 Å². The number of rotatable bonds is 5. The molecule has 30 heavy (non-hydrogen) atoms. The lowest BCUT2D eigenvalue weighted by Gasteiger charge is -2.32. The molecule has 0 saturated carbocycles. The number of hydrogen-bond acceptors (Lipinski definition) is 5. The van der Waals surface area contributed by atoms with E-state index in [1.807, 2.05) is 25.1 Å². The minimum absolute atomic E-state index is 0.0490. The Kier molecular flexibility index (Phi) is 5.47. The van der Waals surface area contributed by atoms with Crippen LogP contribution in [0.3, 0.4) is 0 Å². The molecule has 1 aromatic heterocycles. The number of nitrogens with two attached hydrogens (primary N) is 1. The Bertz CT molecular complexity index is 960. The van der Waals surface area contributed by atoms with Gasteiger partial charge in [0.1, 0.15) is 5.82 Å². The van der Waals surface area contributed by atoms with Crippen molar-refractivity contribution in [2.45, 2.75) is 13.0 Å². The van der Waals surface area contributed by atoms with Gasteiger partial charge in [-0.2, -0.15) is 0 Å². The number of nitrogens with zero attached hydrogens (tertiary/aromatic N) is 4. The molecule has 1 aromatic carbocycles. The van der Waals surface area contributed by atoms with E-state index < -0.39 is 5.91 Å². The van der Waals surface area contributed by atoms with Gasteiger partial charge in [0, 0.05) is 43.2 Å². The van der Waals surface area contributed by atoms with Gasteiger partial charge in [-0.25, -0.2) is 4.98 Å². The van der Waals surface area contributed by atoms with Crippen LogP contribution in [0, 0.1) is 18.8 Å². The van der Waals surface area contributed by atoms with E-state index in [1.165, 1.54) is 11.1 Å². The summed E-state index contributed by atoms with van der Waals surface area (Å²) >= 11 is 0. The molecule has 2 aliphatic heterocycles. The number of pyridine rings is 1. The molecule has 2 aliphatic rings. The number of carbonyl (C=O) groups excluding carboxylic acids is 2. The number of amides is 2. The van der Waals surface area contributed by atoms with Crippen LogP contribution in [0.15, 0.2) is 42.6 Å². The highest BCUT2D eigenvalue weighted by Gasteiger charge is 2.49. The topological polar surface area (TPSA) is 82.8 Å². The van der Waals surface area contributed by atoms with Crippen LogP contribution in [0.5, 0.6) is 0 Å². The van der Waals surface area contributed by atoms with Gasteiger partial charge in [0.15, 0.2) is 0 Å². The zero-order valence-electron chi connectivity index (χ0n) is 17.8. The fraction of sp³-hybridized carbons (Fsp3) is 0.435. The average molecular weight is 408 g/mol. The van der Waals surface area contributed by atoms with Gasteiger partial charge in [0.05, 0.1) is 12.6 Å². The number of likely N-dealkylation sites (tertiary alicyclic amines) is 1. The molecule has 0 radical (unpaired) electrons. The van der Waals surface area contributed by atoms with Gasteiger partial charge in [-0.05, 0) is 44.3 Å². The van der Waals surface area contributed by atoms with Crippen LogP contribution in [0.25, 0.3) is 0 Å². The summed E-state index contributed by atoms with van der Waals surface area (Å²) in [5, 5.41) is 0. The molecular formula is C23H29N5O2. The lowest BCUT2D eigenvalue weighted by atomic mass is 9.87. The van der Waals surface area contributed by atoms with Gasteiger partial charge < -0.3 is 20.4 Å². The minimum atomic E-state index is -0.448. The molecule has 0 unspecified atom stereocenters. The Morgan fingerprint density at radius 2 is 1.93 bits per heavy atom. The number of likely N-dealkylation sites (N-methyl/N-ethyl adjacent to an activating group) is 1. The van der Waals surface area contributed by atoms with E-state index in [0.29, 0.717) is 23.9 Å². The molecule has 7 heteroatoms. The predicted octanol–water partition coefficient (Wildman–Crippen LogP) is 1.69. The summed E-state index contributed by atoms with van der Waals surface area (Å²) in [4.78, 5) is 35.3. The van der Waals surface area contributed by atoms with Gasteiger partial charge in [-0.3, -0.25) is 9.59 Å². The number of carbonyl (C=O) groups is 2. The Balaban J connectivity index is 1.63. The highest BCUT2D eigenvalue weighted by atomic mass is 16.2. The number of anilines is 1. The van der Waals surface area contributed by atoms with Crippen molar-refractivity contribution in [2.24, 2.45) is 17.6 Å². The first-order valence-corrected chi connectivity index (χ1v) is 10.4. The summed E-state index contributed by atoms with van der Waals surface area (Å²) in [5.74, 6) is 1.17. The molecule has 158 valence electrons. The van der Waals surface area contributed by atoms with Crippen molar-refractivity contribution in [2.75, 3.05) is 45.2 Å². The Labute approximate surface area is 177 Å². The third-order valence-electron chi connectivity index (χ3n) is 6.30. The predicted molar refractivity (Wildman–Crippen MR) is 116 cm³/mol. The van der Waals surface area contributed by atoms with E-state index >= 15 is 0 Å². The van der Waals surface area contributed by atoms with Gasteiger partial charge in [-0.15, -0.1) is 0 Å². The number of fused-ring (bicyclic) bond motifs is 1. The standard InChI is InChI=1S/C23H29N5O2/c1-15-6-4-5-7-18(15)22-19-13-27(20-10-16(23(24)30)8-9-25-20)11-17(19)12-28(22)21(29)14-26(2)3/h4-10,17,19,22H,11-14H2,1-3H3,(H2,24,30)/t17-,19-,22+/m1/s1. The first-order chi connectivity index (χ1) is 14.3. The summed E-state index contributed by atoms with van der Waals surface area (Å²) in [5.41, 5.74) is 8.34. The molecule has 3 heterocycles. The van der Waals surface area contributed by atoms with Crippen molar-refractivity contribution >= 4 is 17.6 Å². The zero-order valence-corrected chi connectivity index (χ0v) is 17.8. The molecule has 3 atom stereocenters. The van der Waals surface area contributed by atoms with Gasteiger partial charge in [0.25, 0.3) is 0 Å². The molecule has 4 rings (SSSR count). The van der Waals surface area contributed by atoms with Crippen molar-refractivity contribution < 1.29 is 9.59 Å². The highest BCUT2D eigenvalue weighted by molar-refractivity contribution is 5.93. The van der Waals surface area contributed by atoms with Crippen LogP contribution < -0.4 is 10.6 Å². The molecule has 2 amide bonds. The fourth-order valence-corrected chi connectivity index (χ4v) is 4.91. The van der Waals surface area contributed by atoms with Crippen LogP contribution in [0.4, 0.5) is 5.82 Å². The van der Waals surface area contributed by atoms with E-state index in [-0.39, 0.29) is 11.9 Å². The van der Waals surface area contributed by atoms with Gasteiger partial charge >= 0.3 is 0 Å². The summed E-state index contributed by atoms with van der Waals surface area (Å²) < 4.78 is 0. The van der Waals surface area contributed by atoms with Crippen molar-refractivity contribution in [1.29, 1.82) is 0 Å². The molecule has 0 spiro atoms. The third kappa shape index (κ3) is 3.77. The molecule has 2 N–H and O–H groups in total. The number of aryl methyl sites for hydroxylation is 1. The van der Waals surface area contributed by atoms with Crippen molar-refractivity contribution in [3.63, 3.8) is 0 Å². The van der Waals surface area contributed by atoms with Gasteiger partial charge in [-0.1, -0.05) is 24.3 Å². The van der Waals surface area contributed by atoms with Crippen molar-refractivity contribution in [3.8, 4) is 0 Å². The summed E-state index contributed by atoms with van der Waals surface area (Å²) in [6.07, 6.45) is 1.63. The lowest BCUT2D eigenvalue weighted by molar-refractivity contribution is -0.133. The SMILES string of the molecule is Cc1ccccc1[C@H]1[C@@H]2CN(c3cc(C(N)=O)ccn3)C[C@@H]2CN1C(=O)CN(C)C. The summed E-state index contributed by atoms with van der Waals surface area (Å²) in [6, 6.07) is 11.8. The molecular weight excluding hydrogens is 378 g/mol. The average Bonchev–Trinajstić information content (AvgIpc) is 3.26. The van der Waals surface area contributed by atoms with E-state index in [2.05, 4.69) is 39.9 Å². The van der Waals surface area contributed by atoms with Gasteiger partial charge in [0.2, 0.25) is 11.8 Å². The van der Waals surface area contributed by atoms with Crippen LogP contribution in [-0.2, 0) is 4.79 Å². The third-order valence-corrected chi connectivity index (χ3v) is 6.30. The highest BCUT2D eigenvalue weighted by Crippen LogP contribution is 2.46. The molecule has 2 aromatic rings. The summed E-state index contributed by atoms with van der Waals surface area (Å²) in [7, 11) is 3.85. The normalized spacial score (nSPS) is 23.1. The quantitative estimate of drug-likeness (QED) is 0.816. The second kappa shape index (κ2) is 8.07. The molecule has 2 saturated heterocycles. The maximum atomic E-state index is 13.1. The Morgan fingerprint density at radius 1 is 1.17 bits per heavy atom. The second-order valence-electron chi connectivity index (χ2n) is 8.68. The first kappa shape index (κ1) is 20.3. The monoisotopic (exact) mass is 407 g/mol. The van der Waals surface area contributed by atoms with E-state index in [0.717, 1.165) is 25.5 Å². The Morgan fingerprint density at radius 3 is 2.63 bits per heavy atom.